The van der Waals surface area contributed by atoms with Gasteiger partial charge in [0, 0.05) is 17.7 Å². The number of benzene rings is 2. The van der Waals surface area contributed by atoms with Crippen molar-refractivity contribution in [1.29, 1.82) is 0 Å². The van der Waals surface area contributed by atoms with Crippen molar-refractivity contribution >= 4 is 11.6 Å². The Bertz CT molecular complexity index is 1190. The van der Waals surface area contributed by atoms with Gasteiger partial charge in [0.05, 0.1) is 5.56 Å². The maximum Gasteiger partial charge on any atom is 0.416 e. The number of amides is 1. The zero-order valence-corrected chi connectivity index (χ0v) is 15.6. The quantitative estimate of drug-likeness (QED) is 0.562. The van der Waals surface area contributed by atoms with Gasteiger partial charge in [-0.25, -0.2) is 0 Å². The molecule has 0 bridgehead atoms. The average molecular weight is 418 g/mol. The van der Waals surface area contributed by atoms with E-state index in [0.29, 0.717) is 0 Å². The summed E-state index contributed by atoms with van der Waals surface area (Å²) >= 11 is 0. The number of para-hydroxylation sites is 2. The van der Waals surface area contributed by atoms with Crippen LogP contribution < -0.4 is 17.0 Å². The van der Waals surface area contributed by atoms with Crippen molar-refractivity contribution in [3.05, 3.63) is 81.3 Å². The molecule has 1 unspecified atom stereocenters. The Kier molecular flexibility index (Phi) is 5.26. The number of nitrogen functional groups attached to an aromatic ring is 1. The summed E-state index contributed by atoms with van der Waals surface area (Å²) < 4.78 is 40.2. The van der Waals surface area contributed by atoms with E-state index in [4.69, 9.17) is 11.5 Å². The van der Waals surface area contributed by atoms with E-state index in [1.165, 1.54) is 31.2 Å². The Hall–Kier alpha value is -3.82. The minimum absolute atomic E-state index is 0.0208. The predicted molar refractivity (Wildman–Crippen MR) is 103 cm³/mol. The first-order chi connectivity index (χ1) is 14.0. The molecule has 0 aliphatic carbocycles. The Morgan fingerprint density at radius 1 is 1.17 bits per heavy atom. The minimum atomic E-state index is -4.62. The third-order valence-electron chi connectivity index (χ3n) is 4.58. The minimum Gasteiger partial charge on any atom is -0.506 e. The SMILES string of the molecule is CC(c1cc(N)cc(C(F)(F)F)c1)c1cc(=O)n(-c2ccccc2O)nc1C(N)=O. The Morgan fingerprint density at radius 3 is 2.43 bits per heavy atom. The second-order valence-corrected chi connectivity index (χ2v) is 6.66. The number of hydrogen-bond acceptors (Lipinski definition) is 5. The van der Waals surface area contributed by atoms with Crippen LogP contribution in [0.1, 0.15) is 40.0 Å². The maximum atomic E-state index is 13.1. The van der Waals surface area contributed by atoms with Gasteiger partial charge in [-0.05, 0) is 41.5 Å². The second-order valence-electron chi connectivity index (χ2n) is 6.66. The molecule has 0 fully saturated rings. The number of phenolic OH excluding ortho intramolecular Hbond substituents is 1. The van der Waals surface area contributed by atoms with Crippen LogP contribution in [0.25, 0.3) is 5.69 Å². The lowest BCUT2D eigenvalue weighted by atomic mass is 9.90. The van der Waals surface area contributed by atoms with E-state index in [9.17, 15) is 27.9 Å². The molecule has 2 aromatic carbocycles. The lowest BCUT2D eigenvalue weighted by molar-refractivity contribution is -0.137. The van der Waals surface area contributed by atoms with Crippen LogP contribution in [0.4, 0.5) is 18.9 Å². The number of hydrogen-bond donors (Lipinski definition) is 3. The molecule has 3 aromatic rings. The summed E-state index contributed by atoms with van der Waals surface area (Å²) in [6.45, 7) is 1.50. The molecule has 156 valence electrons. The van der Waals surface area contributed by atoms with E-state index in [0.717, 1.165) is 22.9 Å². The van der Waals surface area contributed by atoms with Gasteiger partial charge in [0.15, 0.2) is 5.69 Å². The van der Waals surface area contributed by atoms with E-state index >= 15 is 0 Å². The van der Waals surface area contributed by atoms with Gasteiger partial charge in [0.1, 0.15) is 11.4 Å². The molecule has 1 amide bonds. The van der Waals surface area contributed by atoms with Crippen LogP contribution in [0.5, 0.6) is 5.75 Å². The maximum absolute atomic E-state index is 13.1. The number of primary amides is 1. The fraction of sp³-hybridized carbons (Fsp3) is 0.150. The molecule has 30 heavy (non-hydrogen) atoms. The predicted octanol–water partition coefficient (Wildman–Crippen LogP) is 2.79. The molecule has 1 heterocycles. The molecule has 0 radical (unpaired) electrons. The lowest BCUT2D eigenvalue weighted by Gasteiger charge is -2.18. The Balaban J connectivity index is 2.19. The Labute approximate surface area is 168 Å². The van der Waals surface area contributed by atoms with Crippen molar-refractivity contribution in [2.24, 2.45) is 5.73 Å². The van der Waals surface area contributed by atoms with Gasteiger partial charge in [-0.3, -0.25) is 9.59 Å². The van der Waals surface area contributed by atoms with Gasteiger partial charge in [0.2, 0.25) is 0 Å². The van der Waals surface area contributed by atoms with Crippen LogP contribution in [0, 0.1) is 0 Å². The zero-order valence-electron chi connectivity index (χ0n) is 15.6. The highest BCUT2D eigenvalue weighted by Crippen LogP contribution is 2.35. The molecule has 5 N–H and O–H groups in total. The molecule has 10 heteroatoms. The molecule has 0 spiro atoms. The number of aromatic nitrogens is 2. The average Bonchev–Trinajstić information content (AvgIpc) is 2.66. The Morgan fingerprint density at radius 2 is 1.83 bits per heavy atom. The fourth-order valence-corrected chi connectivity index (χ4v) is 3.08. The summed E-state index contributed by atoms with van der Waals surface area (Å²) in [6, 6.07) is 9.88. The number of phenols is 1. The number of nitrogens with zero attached hydrogens (tertiary/aromatic N) is 2. The molecule has 0 aliphatic rings. The van der Waals surface area contributed by atoms with Crippen LogP contribution in [0.15, 0.2) is 53.3 Å². The highest BCUT2D eigenvalue weighted by Gasteiger charge is 2.32. The van der Waals surface area contributed by atoms with Crippen molar-refractivity contribution in [2.75, 3.05) is 5.73 Å². The number of aromatic hydroxyl groups is 1. The van der Waals surface area contributed by atoms with E-state index in [1.54, 1.807) is 6.07 Å². The van der Waals surface area contributed by atoms with Gasteiger partial charge in [-0.1, -0.05) is 19.1 Å². The highest BCUT2D eigenvalue weighted by molar-refractivity contribution is 5.92. The van der Waals surface area contributed by atoms with Crippen molar-refractivity contribution in [3.63, 3.8) is 0 Å². The summed E-state index contributed by atoms with van der Waals surface area (Å²) in [4.78, 5) is 24.6. The first-order valence-corrected chi connectivity index (χ1v) is 8.69. The summed E-state index contributed by atoms with van der Waals surface area (Å²) in [5, 5.41) is 13.9. The van der Waals surface area contributed by atoms with E-state index in [1.807, 2.05) is 0 Å². The highest BCUT2D eigenvalue weighted by atomic mass is 19.4. The lowest BCUT2D eigenvalue weighted by Crippen LogP contribution is -2.28. The molecular weight excluding hydrogens is 401 g/mol. The number of rotatable bonds is 4. The molecular formula is C20H17F3N4O3. The first-order valence-electron chi connectivity index (χ1n) is 8.69. The van der Waals surface area contributed by atoms with Crippen molar-refractivity contribution in [1.82, 2.24) is 9.78 Å². The molecule has 1 atom stereocenters. The summed E-state index contributed by atoms with van der Waals surface area (Å²) in [5.74, 6) is -2.09. The van der Waals surface area contributed by atoms with Gasteiger partial charge < -0.3 is 16.6 Å². The third-order valence-corrected chi connectivity index (χ3v) is 4.58. The largest absolute Gasteiger partial charge is 0.506 e. The number of anilines is 1. The third kappa shape index (κ3) is 3.97. The van der Waals surface area contributed by atoms with E-state index in [2.05, 4.69) is 5.10 Å². The van der Waals surface area contributed by atoms with Crippen LogP contribution in [0.2, 0.25) is 0 Å². The second kappa shape index (κ2) is 7.54. The first kappa shape index (κ1) is 20.9. The summed E-state index contributed by atoms with van der Waals surface area (Å²) in [7, 11) is 0. The zero-order chi connectivity index (χ0) is 22.2. The number of alkyl halides is 3. The number of nitrogens with two attached hydrogens (primary N) is 2. The molecule has 0 aliphatic heterocycles. The normalized spacial score (nSPS) is 12.5. The van der Waals surface area contributed by atoms with Crippen LogP contribution in [0.3, 0.4) is 0 Å². The van der Waals surface area contributed by atoms with E-state index < -0.39 is 29.1 Å². The van der Waals surface area contributed by atoms with Gasteiger partial charge in [-0.2, -0.15) is 23.0 Å². The molecule has 1 aromatic heterocycles. The topological polar surface area (TPSA) is 124 Å². The molecule has 7 nitrogen and oxygen atoms in total. The van der Waals surface area contributed by atoms with Crippen molar-refractivity contribution < 1.29 is 23.1 Å². The van der Waals surface area contributed by atoms with Gasteiger partial charge in [0.25, 0.3) is 11.5 Å². The molecule has 3 rings (SSSR count). The van der Waals surface area contributed by atoms with E-state index in [-0.39, 0.29) is 33.9 Å². The monoisotopic (exact) mass is 418 g/mol. The summed E-state index contributed by atoms with van der Waals surface area (Å²) in [6.07, 6.45) is -4.62. The number of carbonyl (C=O) groups is 1. The standard InChI is InChI=1S/C20H17F3N4O3/c1-10(11-6-12(20(21,22)23)8-13(24)7-11)14-9-17(29)27(26-18(14)19(25)30)15-4-2-3-5-16(15)28/h2-10,28H,24H2,1H3,(H2,25,30). The number of halogens is 3. The van der Waals surface area contributed by atoms with Crippen molar-refractivity contribution in [2.45, 2.75) is 19.0 Å². The fourth-order valence-electron chi connectivity index (χ4n) is 3.08. The molecule has 0 saturated carbocycles. The van der Waals surface area contributed by atoms with Crippen molar-refractivity contribution in [3.8, 4) is 11.4 Å². The van der Waals surface area contributed by atoms with Crippen LogP contribution in [-0.4, -0.2) is 20.8 Å². The molecule has 0 saturated heterocycles. The van der Waals surface area contributed by atoms with Crippen LogP contribution >= 0.6 is 0 Å². The number of carbonyl (C=O) groups excluding carboxylic acids is 1. The smallest absolute Gasteiger partial charge is 0.416 e. The van der Waals surface area contributed by atoms with Gasteiger partial charge >= 0.3 is 6.18 Å². The summed E-state index contributed by atoms with van der Waals surface area (Å²) in [5.41, 5.74) is 9.11. The van der Waals surface area contributed by atoms with Crippen LogP contribution in [-0.2, 0) is 6.18 Å². The van der Waals surface area contributed by atoms with Gasteiger partial charge in [-0.15, -0.1) is 0 Å².